The van der Waals surface area contributed by atoms with Crippen molar-refractivity contribution in [3.05, 3.63) is 223 Å². The van der Waals surface area contributed by atoms with Gasteiger partial charge in [0, 0.05) is 57.0 Å². The second-order valence-corrected chi connectivity index (χ2v) is 19.7. The molecule has 0 bridgehead atoms. The lowest BCUT2D eigenvalue weighted by atomic mass is 9.80. The first-order chi connectivity index (χ1) is 33.1. The minimum Gasteiger partial charge on any atom is -0.208 e. The lowest BCUT2D eigenvalue weighted by Gasteiger charge is -2.24. The Labute approximate surface area is 394 Å². The summed E-state index contributed by atoms with van der Waals surface area (Å²) in [5, 5.41) is 9.89. The lowest BCUT2D eigenvalue weighted by molar-refractivity contribution is 1.07. The Morgan fingerprint density at radius 3 is 1.70 bits per heavy atom. The van der Waals surface area contributed by atoms with Gasteiger partial charge in [0.2, 0.25) is 0 Å². The highest BCUT2D eigenvalue weighted by molar-refractivity contribution is 7.26. The van der Waals surface area contributed by atoms with E-state index in [0.717, 1.165) is 34.2 Å². The molecule has 0 atom stereocenters. The van der Waals surface area contributed by atoms with Crippen LogP contribution in [0.5, 0.6) is 0 Å². The smallest absolute Gasteiger partial charge is 0.164 e. The van der Waals surface area contributed by atoms with E-state index in [1.165, 1.54) is 95.3 Å². The van der Waals surface area contributed by atoms with Crippen molar-refractivity contribution in [2.24, 2.45) is 0 Å². The molecule has 14 rings (SSSR count). The normalized spacial score (nSPS) is 13.0. The third-order valence-corrected chi connectivity index (χ3v) is 15.8. The number of hydrogen-bond acceptors (Lipinski definition) is 5. The molecule has 67 heavy (non-hydrogen) atoms. The van der Waals surface area contributed by atoms with Crippen LogP contribution in [-0.2, 0) is 6.42 Å². The first-order valence-electron chi connectivity index (χ1n) is 22.7. The third kappa shape index (κ3) is 6.50. The van der Waals surface area contributed by atoms with Gasteiger partial charge in [0.25, 0.3) is 0 Å². The zero-order chi connectivity index (χ0) is 44.0. The zero-order valence-corrected chi connectivity index (χ0v) is 37.7. The maximum absolute atomic E-state index is 5.48. The van der Waals surface area contributed by atoms with E-state index in [0.29, 0.717) is 17.5 Å². The van der Waals surface area contributed by atoms with E-state index >= 15 is 0 Å². The quantitative estimate of drug-likeness (QED) is 0.173. The fourth-order valence-electron chi connectivity index (χ4n) is 10.2. The van der Waals surface area contributed by atoms with Crippen molar-refractivity contribution in [1.82, 2.24) is 15.0 Å². The second kappa shape index (κ2) is 15.2. The summed E-state index contributed by atoms with van der Waals surface area (Å²) in [5.74, 6) is 1.93. The van der Waals surface area contributed by atoms with Gasteiger partial charge >= 0.3 is 0 Å². The van der Waals surface area contributed by atoms with Crippen molar-refractivity contribution in [3.8, 4) is 56.4 Å². The molecule has 3 aromatic heterocycles. The van der Waals surface area contributed by atoms with Crippen LogP contribution in [0.3, 0.4) is 0 Å². The predicted molar refractivity (Wildman–Crippen MR) is 286 cm³/mol. The van der Waals surface area contributed by atoms with Crippen LogP contribution >= 0.6 is 22.7 Å². The van der Waals surface area contributed by atoms with E-state index < -0.39 is 0 Å². The number of thiophene rings is 2. The molecule has 0 saturated carbocycles. The van der Waals surface area contributed by atoms with Crippen molar-refractivity contribution in [2.45, 2.75) is 6.42 Å². The molecule has 0 radical (unpaired) electrons. The van der Waals surface area contributed by atoms with Crippen molar-refractivity contribution in [1.29, 1.82) is 0 Å². The molecule has 0 spiro atoms. The Balaban J connectivity index is 1.02. The van der Waals surface area contributed by atoms with Crippen LogP contribution in [0.15, 0.2) is 206 Å². The van der Waals surface area contributed by atoms with E-state index in [1.54, 1.807) is 0 Å². The molecule has 0 fully saturated rings. The molecule has 312 valence electrons. The van der Waals surface area contributed by atoms with Gasteiger partial charge in [-0.2, -0.15) is 0 Å². The minimum atomic E-state index is 0.638. The molecule has 0 aliphatic heterocycles. The Bertz CT molecular complexity index is 4180. The van der Waals surface area contributed by atoms with Gasteiger partial charge < -0.3 is 0 Å². The largest absolute Gasteiger partial charge is 0.208 e. The number of rotatable bonds is 5. The molecule has 3 nitrogen and oxygen atoms in total. The number of benzene rings is 10. The minimum absolute atomic E-state index is 0.638. The number of aromatic nitrogens is 3. The summed E-state index contributed by atoms with van der Waals surface area (Å²) in [6.07, 6.45) is 3.22. The topological polar surface area (TPSA) is 38.7 Å². The van der Waals surface area contributed by atoms with Crippen LogP contribution in [0.1, 0.15) is 16.7 Å². The summed E-state index contributed by atoms with van der Waals surface area (Å²) < 4.78 is 5.01. The fraction of sp³-hybridized carbons (Fsp3) is 0.0161. The van der Waals surface area contributed by atoms with E-state index in [-0.39, 0.29) is 0 Å². The van der Waals surface area contributed by atoms with Crippen LogP contribution in [-0.4, -0.2) is 15.0 Å². The average Bonchev–Trinajstić information content (AvgIpc) is 3.94. The molecular formula is C62H37N3S2. The molecule has 1 aliphatic carbocycles. The van der Waals surface area contributed by atoms with Crippen molar-refractivity contribution in [2.75, 3.05) is 0 Å². The molecule has 3 heterocycles. The molecule has 1 aliphatic rings. The molecule has 0 N–H and O–H groups in total. The predicted octanol–water partition coefficient (Wildman–Crippen LogP) is 17.3. The van der Waals surface area contributed by atoms with E-state index in [1.807, 2.05) is 22.7 Å². The summed E-state index contributed by atoms with van der Waals surface area (Å²) in [4.78, 5) is 16.2. The molecule has 0 saturated heterocycles. The molecule has 10 aromatic carbocycles. The summed E-state index contributed by atoms with van der Waals surface area (Å²) in [7, 11) is 0. The Hall–Kier alpha value is -8.09. The van der Waals surface area contributed by atoms with Gasteiger partial charge in [-0.1, -0.05) is 158 Å². The fourth-order valence-corrected chi connectivity index (χ4v) is 12.5. The zero-order valence-electron chi connectivity index (χ0n) is 36.1. The van der Waals surface area contributed by atoms with Gasteiger partial charge in [-0.25, -0.2) is 15.0 Å². The van der Waals surface area contributed by atoms with Crippen LogP contribution in [0, 0.1) is 0 Å². The highest BCUT2D eigenvalue weighted by atomic mass is 32.1. The highest BCUT2D eigenvalue weighted by Gasteiger charge is 2.23. The van der Waals surface area contributed by atoms with Gasteiger partial charge in [0.1, 0.15) is 0 Å². The SMILES string of the molecule is C(=C1\Cc2cc3ccccc3cc2-c2ccccc21)/c1cc2sc3cc4ccccc4cc3c2cc1-c1nc(-c2ccc(-c3ccccc3)cc2)nc(-c2ccc3sc4ccccc4c3c2)n1. The molecular weight excluding hydrogens is 851 g/mol. The Morgan fingerprint density at radius 2 is 0.881 bits per heavy atom. The number of nitrogens with zero attached hydrogens (tertiary/aromatic N) is 3. The average molecular weight is 888 g/mol. The summed E-state index contributed by atoms with van der Waals surface area (Å²) in [6.45, 7) is 0. The van der Waals surface area contributed by atoms with Gasteiger partial charge in [-0.15, -0.1) is 22.7 Å². The maximum atomic E-state index is 5.48. The van der Waals surface area contributed by atoms with E-state index in [4.69, 9.17) is 15.0 Å². The monoisotopic (exact) mass is 887 g/mol. The van der Waals surface area contributed by atoms with Crippen LogP contribution in [0.25, 0.3) is 130 Å². The first kappa shape index (κ1) is 38.2. The third-order valence-electron chi connectivity index (χ3n) is 13.5. The van der Waals surface area contributed by atoms with Gasteiger partial charge in [-0.3, -0.25) is 0 Å². The standard InChI is InChI=1S/C62H37N3S2/c1-2-12-37(13-3-1)38-22-24-39(25-23-38)60-63-61(44-26-27-57-53(33-44)50-20-10-11-21-56(50)66-57)65-62(64-60)52-36-55-54-32-42-16-6-7-17-43(42)34-58(54)67-59(55)35-47(52)30-45-29-46-28-40-14-4-5-15-41(40)31-51(46)49-19-9-8-18-48(45)49/h1-28,30-36H,29H2/b45-30-. The van der Waals surface area contributed by atoms with Gasteiger partial charge in [-0.05, 0) is 127 Å². The van der Waals surface area contributed by atoms with E-state index in [9.17, 15) is 0 Å². The molecule has 0 amide bonds. The van der Waals surface area contributed by atoms with Crippen LogP contribution < -0.4 is 0 Å². The number of hydrogen-bond donors (Lipinski definition) is 0. The van der Waals surface area contributed by atoms with E-state index in [2.05, 4.69) is 212 Å². The van der Waals surface area contributed by atoms with Gasteiger partial charge in [0.15, 0.2) is 17.5 Å². The summed E-state index contributed by atoms with van der Waals surface area (Å²) in [6, 6.07) is 74.9. The molecule has 5 heteroatoms. The Kier molecular flexibility index (Phi) is 8.69. The summed E-state index contributed by atoms with van der Waals surface area (Å²) >= 11 is 3.67. The van der Waals surface area contributed by atoms with Crippen molar-refractivity contribution in [3.63, 3.8) is 0 Å². The first-order valence-corrected chi connectivity index (χ1v) is 24.3. The van der Waals surface area contributed by atoms with Crippen LogP contribution in [0.4, 0.5) is 0 Å². The van der Waals surface area contributed by atoms with Gasteiger partial charge in [0.05, 0.1) is 0 Å². The second-order valence-electron chi connectivity index (χ2n) is 17.5. The lowest BCUT2D eigenvalue weighted by Crippen LogP contribution is -2.04. The highest BCUT2D eigenvalue weighted by Crippen LogP contribution is 2.45. The van der Waals surface area contributed by atoms with Crippen molar-refractivity contribution >= 4 is 96.2 Å². The summed E-state index contributed by atoms with van der Waals surface area (Å²) in [5.41, 5.74) is 12.7. The van der Waals surface area contributed by atoms with Crippen LogP contribution in [0.2, 0.25) is 0 Å². The maximum Gasteiger partial charge on any atom is 0.164 e. The number of fused-ring (bicyclic) bond motifs is 11. The molecule has 13 aromatic rings. The number of allylic oxidation sites excluding steroid dienone is 1. The Morgan fingerprint density at radius 1 is 0.328 bits per heavy atom. The molecule has 0 unspecified atom stereocenters. The van der Waals surface area contributed by atoms with Crippen molar-refractivity contribution < 1.29 is 0 Å².